The molecule has 2 aromatic carbocycles. The Morgan fingerprint density at radius 2 is 2.00 bits per heavy atom. The van der Waals surface area contributed by atoms with Gasteiger partial charge in [0.15, 0.2) is 0 Å². The second-order valence-electron chi connectivity index (χ2n) is 4.23. The maximum atomic E-state index is 13.0. The van der Waals surface area contributed by atoms with Crippen LogP contribution in [-0.4, -0.2) is 12.0 Å². The number of nitrogens with one attached hydrogen (secondary N) is 1. The zero-order valence-electron chi connectivity index (χ0n) is 11.0. The summed E-state index contributed by atoms with van der Waals surface area (Å²) in [4.78, 5) is 10.4. The summed E-state index contributed by atoms with van der Waals surface area (Å²) in [5.74, 6) is 0.414. The van der Waals surface area contributed by atoms with Crippen LogP contribution >= 0.6 is 0 Å². The average Bonchev–Trinajstić information content (AvgIpc) is 2.41. The zero-order valence-corrected chi connectivity index (χ0v) is 11.0. The number of hydrogen-bond acceptors (Lipinski definition) is 4. The zero-order chi connectivity index (χ0) is 14.7. The first-order valence-corrected chi connectivity index (χ1v) is 5.91. The molecule has 2 aromatic rings. The van der Waals surface area contributed by atoms with Crippen molar-refractivity contribution in [2.75, 3.05) is 12.4 Å². The third kappa shape index (κ3) is 3.03. The third-order valence-corrected chi connectivity index (χ3v) is 2.76. The van der Waals surface area contributed by atoms with Gasteiger partial charge in [-0.2, -0.15) is 0 Å². The van der Waals surface area contributed by atoms with E-state index in [0.29, 0.717) is 22.7 Å². The molecule has 0 aliphatic heterocycles. The van der Waals surface area contributed by atoms with Crippen LogP contribution in [0.15, 0.2) is 36.4 Å². The molecule has 0 spiro atoms. The highest BCUT2D eigenvalue weighted by molar-refractivity contribution is 5.57. The van der Waals surface area contributed by atoms with Crippen LogP contribution in [0.3, 0.4) is 0 Å². The number of nitro benzene ring substituents is 1. The fraction of sp³-hybridized carbons (Fsp3) is 0.143. The summed E-state index contributed by atoms with van der Waals surface area (Å²) >= 11 is 0. The van der Waals surface area contributed by atoms with Gasteiger partial charge in [0.2, 0.25) is 0 Å². The lowest BCUT2D eigenvalue weighted by Gasteiger charge is -2.10. The van der Waals surface area contributed by atoms with E-state index in [-0.39, 0.29) is 11.5 Å². The Labute approximate surface area is 115 Å². The Morgan fingerprint density at radius 1 is 1.25 bits per heavy atom. The lowest BCUT2D eigenvalue weighted by Crippen LogP contribution is -1.95. The van der Waals surface area contributed by atoms with Crippen LogP contribution in [0.4, 0.5) is 15.8 Å². The lowest BCUT2D eigenvalue weighted by molar-refractivity contribution is -0.384. The molecular formula is C14H13FN2O3. The molecule has 0 fully saturated rings. The highest BCUT2D eigenvalue weighted by Gasteiger charge is 2.11. The van der Waals surface area contributed by atoms with Crippen LogP contribution in [0.5, 0.6) is 11.5 Å². The van der Waals surface area contributed by atoms with E-state index in [0.717, 1.165) is 0 Å². The SMILES string of the molecule is CNc1cc(Oc2ccc(F)cc2C)cc([N+](=O)[O-])c1. The fourth-order valence-corrected chi connectivity index (χ4v) is 1.75. The van der Waals surface area contributed by atoms with Crippen molar-refractivity contribution in [1.82, 2.24) is 0 Å². The van der Waals surface area contributed by atoms with Gasteiger partial charge in [0.05, 0.1) is 11.0 Å². The van der Waals surface area contributed by atoms with Crippen molar-refractivity contribution in [3.63, 3.8) is 0 Å². The Bertz CT molecular complexity index is 659. The minimum absolute atomic E-state index is 0.0772. The Hall–Kier alpha value is -2.63. The maximum absolute atomic E-state index is 13.0. The van der Waals surface area contributed by atoms with Gasteiger partial charge in [-0.25, -0.2) is 4.39 Å². The van der Waals surface area contributed by atoms with Gasteiger partial charge in [-0.05, 0) is 30.7 Å². The van der Waals surface area contributed by atoms with Crippen molar-refractivity contribution in [2.24, 2.45) is 0 Å². The van der Waals surface area contributed by atoms with E-state index in [9.17, 15) is 14.5 Å². The maximum Gasteiger partial charge on any atom is 0.275 e. The number of aryl methyl sites for hydroxylation is 1. The summed E-state index contributed by atoms with van der Waals surface area (Å²) in [6.07, 6.45) is 0. The number of ether oxygens (including phenoxy) is 1. The molecule has 20 heavy (non-hydrogen) atoms. The standard InChI is InChI=1S/C14H13FN2O3/c1-9-5-10(15)3-4-14(9)20-13-7-11(16-2)6-12(8-13)17(18)19/h3-8,16H,1-2H3. The molecular weight excluding hydrogens is 263 g/mol. The fourth-order valence-electron chi connectivity index (χ4n) is 1.75. The molecule has 5 nitrogen and oxygen atoms in total. The van der Waals surface area contributed by atoms with Gasteiger partial charge in [0, 0.05) is 24.9 Å². The monoisotopic (exact) mass is 276 g/mol. The van der Waals surface area contributed by atoms with Crippen LogP contribution in [-0.2, 0) is 0 Å². The number of rotatable bonds is 4. The van der Waals surface area contributed by atoms with E-state index in [4.69, 9.17) is 4.74 Å². The van der Waals surface area contributed by atoms with Crippen LogP contribution in [0.2, 0.25) is 0 Å². The smallest absolute Gasteiger partial charge is 0.275 e. The second-order valence-corrected chi connectivity index (χ2v) is 4.23. The number of non-ortho nitro benzene ring substituents is 1. The topological polar surface area (TPSA) is 64.4 Å². The number of halogens is 1. The third-order valence-electron chi connectivity index (χ3n) is 2.76. The minimum atomic E-state index is -0.495. The molecule has 2 rings (SSSR count). The van der Waals surface area contributed by atoms with E-state index < -0.39 is 4.92 Å². The van der Waals surface area contributed by atoms with E-state index in [2.05, 4.69) is 5.32 Å². The Kier molecular flexibility index (Phi) is 3.84. The Morgan fingerprint density at radius 3 is 2.60 bits per heavy atom. The van der Waals surface area contributed by atoms with Gasteiger partial charge in [-0.1, -0.05) is 0 Å². The van der Waals surface area contributed by atoms with Crippen molar-refractivity contribution < 1.29 is 14.1 Å². The minimum Gasteiger partial charge on any atom is -0.457 e. The molecule has 0 saturated heterocycles. The molecule has 0 unspecified atom stereocenters. The van der Waals surface area contributed by atoms with Gasteiger partial charge in [0.1, 0.15) is 17.3 Å². The van der Waals surface area contributed by atoms with Crippen molar-refractivity contribution in [3.8, 4) is 11.5 Å². The highest BCUT2D eigenvalue weighted by atomic mass is 19.1. The summed E-state index contributed by atoms with van der Waals surface area (Å²) in [6.45, 7) is 1.70. The molecule has 0 aromatic heterocycles. The average molecular weight is 276 g/mol. The van der Waals surface area contributed by atoms with Crippen LogP contribution in [0.1, 0.15) is 5.56 Å². The molecule has 0 aliphatic carbocycles. The van der Waals surface area contributed by atoms with Crippen LogP contribution < -0.4 is 10.1 Å². The molecule has 0 radical (unpaired) electrons. The van der Waals surface area contributed by atoms with Crippen molar-refractivity contribution in [2.45, 2.75) is 6.92 Å². The van der Waals surface area contributed by atoms with Crippen LogP contribution in [0.25, 0.3) is 0 Å². The van der Waals surface area contributed by atoms with Gasteiger partial charge < -0.3 is 10.1 Å². The second kappa shape index (κ2) is 5.56. The number of nitro groups is 1. The summed E-state index contributed by atoms with van der Waals surface area (Å²) in [5, 5.41) is 13.7. The van der Waals surface area contributed by atoms with Gasteiger partial charge in [-0.3, -0.25) is 10.1 Å². The summed E-state index contributed by atoms with van der Waals surface area (Å²) < 4.78 is 18.6. The van der Waals surface area contributed by atoms with E-state index >= 15 is 0 Å². The first kappa shape index (κ1) is 13.8. The molecule has 0 heterocycles. The molecule has 104 valence electrons. The molecule has 0 atom stereocenters. The Balaban J connectivity index is 2.37. The summed E-state index contributed by atoms with van der Waals surface area (Å²) in [6, 6.07) is 8.47. The van der Waals surface area contributed by atoms with Crippen molar-refractivity contribution >= 4 is 11.4 Å². The molecule has 6 heteroatoms. The number of anilines is 1. The highest BCUT2D eigenvalue weighted by Crippen LogP contribution is 2.31. The largest absolute Gasteiger partial charge is 0.457 e. The van der Waals surface area contributed by atoms with E-state index in [1.54, 1.807) is 20.0 Å². The first-order chi connectivity index (χ1) is 9.49. The first-order valence-electron chi connectivity index (χ1n) is 5.91. The molecule has 0 amide bonds. The molecule has 0 saturated carbocycles. The molecule has 0 aliphatic rings. The van der Waals surface area contributed by atoms with E-state index in [1.165, 1.54) is 30.3 Å². The predicted molar refractivity (Wildman–Crippen MR) is 73.9 cm³/mol. The van der Waals surface area contributed by atoms with Gasteiger partial charge in [-0.15, -0.1) is 0 Å². The normalized spacial score (nSPS) is 10.2. The van der Waals surface area contributed by atoms with Gasteiger partial charge >= 0.3 is 0 Å². The van der Waals surface area contributed by atoms with Gasteiger partial charge in [0.25, 0.3) is 5.69 Å². The molecule has 1 N–H and O–H groups in total. The quantitative estimate of drug-likeness (QED) is 0.680. The van der Waals surface area contributed by atoms with Crippen molar-refractivity contribution in [3.05, 3.63) is 57.9 Å². The summed E-state index contributed by atoms with van der Waals surface area (Å²) in [7, 11) is 1.66. The number of nitrogens with zero attached hydrogens (tertiary/aromatic N) is 1. The number of benzene rings is 2. The predicted octanol–water partition coefficient (Wildman–Crippen LogP) is 3.88. The van der Waals surface area contributed by atoms with E-state index in [1.807, 2.05) is 0 Å². The lowest BCUT2D eigenvalue weighted by atomic mass is 10.2. The molecule has 0 bridgehead atoms. The van der Waals surface area contributed by atoms with Crippen LogP contribution in [0, 0.1) is 22.9 Å². The number of hydrogen-bond donors (Lipinski definition) is 1. The summed E-state index contributed by atoms with van der Waals surface area (Å²) in [5.41, 5.74) is 1.10. The van der Waals surface area contributed by atoms with Crippen molar-refractivity contribution in [1.29, 1.82) is 0 Å².